The van der Waals surface area contributed by atoms with Crippen LogP contribution in [0.2, 0.25) is 0 Å². The van der Waals surface area contributed by atoms with E-state index in [0.717, 1.165) is 6.42 Å². The molecule has 1 rings (SSSR count). The van der Waals surface area contributed by atoms with Crippen LogP contribution in [0.1, 0.15) is 33.1 Å². The van der Waals surface area contributed by atoms with Gasteiger partial charge < -0.3 is 10.0 Å². The molecule has 1 heterocycles. The summed E-state index contributed by atoms with van der Waals surface area (Å²) in [4.78, 5) is 23.7. The van der Waals surface area contributed by atoms with Crippen molar-refractivity contribution in [3.05, 3.63) is 0 Å². The smallest absolute Gasteiger partial charge is 0.326 e. The van der Waals surface area contributed by atoms with Gasteiger partial charge >= 0.3 is 5.97 Å². The molecule has 4 nitrogen and oxygen atoms in total. The Labute approximate surface area is 77.5 Å². The minimum absolute atomic E-state index is 0.0580. The standard InChI is InChI=1S/C9H15NO3/c1-3-8(11)10-6(2)4-5-7(10)9(12)13/h6-7H,3-5H2,1-2H3,(H,12,13)/t6-,7-/m0/s1. The lowest BCUT2D eigenvalue weighted by Crippen LogP contribution is -2.43. The number of aliphatic carboxylic acids is 1. The molecule has 1 saturated heterocycles. The zero-order valence-corrected chi connectivity index (χ0v) is 7.99. The van der Waals surface area contributed by atoms with Gasteiger partial charge in [-0.1, -0.05) is 6.92 Å². The van der Waals surface area contributed by atoms with Crippen molar-refractivity contribution in [2.45, 2.75) is 45.2 Å². The summed E-state index contributed by atoms with van der Waals surface area (Å²) in [6.45, 7) is 3.66. The average molecular weight is 185 g/mol. The number of carboxylic acid groups (broad SMARTS) is 1. The summed E-state index contributed by atoms with van der Waals surface area (Å²) in [5, 5.41) is 8.85. The van der Waals surface area contributed by atoms with Gasteiger partial charge in [0.1, 0.15) is 6.04 Å². The highest BCUT2D eigenvalue weighted by Crippen LogP contribution is 2.24. The molecule has 0 saturated carbocycles. The van der Waals surface area contributed by atoms with Crippen molar-refractivity contribution in [3.8, 4) is 0 Å². The van der Waals surface area contributed by atoms with Gasteiger partial charge in [-0.05, 0) is 19.8 Å². The predicted octanol–water partition coefficient (Wildman–Crippen LogP) is 0.861. The molecule has 4 heteroatoms. The van der Waals surface area contributed by atoms with Crippen molar-refractivity contribution >= 4 is 11.9 Å². The minimum atomic E-state index is -0.883. The van der Waals surface area contributed by atoms with Crippen molar-refractivity contribution in [1.82, 2.24) is 4.90 Å². The summed E-state index contributed by atoms with van der Waals surface area (Å²) < 4.78 is 0. The number of carbonyl (C=O) groups is 2. The topological polar surface area (TPSA) is 57.6 Å². The van der Waals surface area contributed by atoms with Crippen molar-refractivity contribution in [2.75, 3.05) is 0 Å². The highest BCUT2D eigenvalue weighted by atomic mass is 16.4. The molecule has 0 aliphatic carbocycles. The molecule has 0 bridgehead atoms. The molecule has 13 heavy (non-hydrogen) atoms. The van der Waals surface area contributed by atoms with E-state index in [2.05, 4.69) is 0 Å². The maximum absolute atomic E-state index is 11.4. The fourth-order valence-corrected chi connectivity index (χ4v) is 1.83. The number of amides is 1. The van der Waals surface area contributed by atoms with Gasteiger partial charge in [0, 0.05) is 12.5 Å². The molecule has 74 valence electrons. The number of nitrogens with zero attached hydrogens (tertiary/aromatic N) is 1. The average Bonchev–Trinajstić information content (AvgIpc) is 2.46. The van der Waals surface area contributed by atoms with Crippen LogP contribution in [-0.4, -0.2) is 34.0 Å². The zero-order valence-electron chi connectivity index (χ0n) is 7.99. The first-order valence-corrected chi connectivity index (χ1v) is 4.62. The minimum Gasteiger partial charge on any atom is -0.480 e. The second-order valence-electron chi connectivity index (χ2n) is 3.43. The van der Waals surface area contributed by atoms with Crippen LogP contribution in [0.15, 0.2) is 0 Å². The van der Waals surface area contributed by atoms with Gasteiger partial charge in [0.15, 0.2) is 0 Å². The second-order valence-corrected chi connectivity index (χ2v) is 3.43. The van der Waals surface area contributed by atoms with Gasteiger partial charge in [0.05, 0.1) is 0 Å². The highest BCUT2D eigenvalue weighted by molar-refractivity contribution is 5.84. The van der Waals surface area contributed by atoms with E-state index in [1.54, 1.807) is 6.92 Å². The van der Waals surface area contributed by atoms with Crippen LogP contribution in [0.5, 0.6) is 0 Å². The van der Waals surface area contributed by atoms with E-state index >= 15 is 0 Å². The van der Waals surface area contributed by atoms with E-state index in [4.69, 9.17) is 5.11 Å². The third-order valence-electron chi connectivity index (χ3n) is 2.54. The molecule has 0 aromatic rings. The Bertz CT molecular complexity index is 227. The van der Waals surface area contributed by atoms with E-state index in [1.807, 2.05) is 6.92 Å². The summed E-state index contributed by atoms with van der Waals surface area (Å²) in [7, 11) is 0. The molecule has 1 fully saturated rings. The number of hydrogen-bond donors (Lipinski definition) is 1. The van der Waals surface area contributed by atoms with Gasteiger partial charge in [-0.3, -0.25) is 4.79 Å². The molecular weight excluding hydrogens is 170 g/mol. The number of hydrogen-bond acceptors (Lipinski definition) is 2. The van der Waals surface area contributed by atoms with Gasteiger partial charge in [0.2, 0.25) is 5.91 Å². The van der Waals surface area contributed by atoms with Gasteiger partial charge in [-0.2, -0.15) is 0 Å². The molecule has 0 spiro atoms. The van der Waals surface area contributed by atoms with Crippen molar-refractivity contribution < 1.29 is 14.7 Å². The largest absolute Gasteiger partial charge is 0.480 e. The first-order chi connectivity index (χ1) is 6.07. The normalized spacial score (nSPS) is 27.7. The fraction of sp³-hybridized carbons (Fsp3) is 0.778. The SMILES string of the molecule is CCC(=O)N1[C@@H](C)CC[C@H]1C(=O)O. The molecule has 1 aliphatic heterocycles. The second kappa shape index (κ2) is 3.77. The van der Waals surface area contributed by atoms with Crippen LogP contribution in [-0.2, 0) is 9.59 Å². The first kappa shape index (κ1) is 10.0. The quantitative estimate of drug-likeness (QED) is 0.694. The molecule has 1 aliphatic rings. The molecule has 0 aromatic heterocycles. The van der Waals surface area contributed by atoms with E-state index < -0.39 is 12.0 Å². The molecule has 0 unspecified atom stereocenters. The fourth-order valence-electron chi connectivity index (χ4n) is 1.83. The third kappa shape index (κ3) is 1.82. The summed E-state index contributed by atoms with van der Waals surface area (Å²) in [5.41, 5.74) is 0. The van der Waals surface area contributed by atoms with Crippen LogP contribution in [0, 0.1) is 0 Å². The predicted molar refractivity (Wildman–Crippen MR) is 47.3 cm³/mol. The lowest BCUT2D eigenvalue weighted by molar-refractivity contribution is -0.149. The van der Waals surface area contributed by atoms with Crippen LogP contribution in [0.4, 0.5) is 0 Å². The summed E-state index contributed by atoms with van der Waals surface area (Å²) >= 11 is 0. The summed E-state index contributed by atoms with van der Waals surface area (Å²) in [6, 6.07) is -0.518. The van der Waals surface area contributed by atoms with Crippen molar-refractivity contribution in [3.63, 3.8) is 0 Å². The van der Waals surface area contributed by atoms with Crippen LogP contribution in [0.25, 0.3) is 0 Å². The summed E-state index contributed by atoms with van der Waals surface area (Å²) in [5.74, 6) is -0.941. The Morgan fingerprint density at radius 1 is 1.46 bits per heavy atom. The Balaban J connectivity index is 2.76. The van der Waals surface area contributed by atoms with Gasteiger partial charge in [-0.25, -0.2) is 4.79 Å². The Kier molecular flexibility index (Phi) is 2.90. The molecule has 1 N–H and O–H groups in total. The van der Waals surface area contributed by atoms with E-state index in [9.17, 15) is 9.59 Å². The maximum atomic E-state index is 11.4. The monoisotopic (exact) mass is 185 g/mol. The first-order valence-electron chi connectivity index (χ1n) is 4.62. The number of carboxylic acids is 1. The van der Waals surface area contributed by atoms with Crippen LogP contribution in [0.3, 0.4) is 0 Å². The lowest BCUT2D eigenvalue weighted by atomic mass is 10.2. The molecular formula is C9H15NO3. The molecule has 0 radical (unpaired) electrons. The lowest BCUT2D eigenvalue weighted by Gasteiger charge is -2.25. The Hall–Kier alpha value is -1.06. The molecule has 2 atom stereocenters. The van der Waals surface area contributed by atoms with Crippen molar-refractivity contribution in [1.29, 1.82) is 0 Å². The van der Waals surface area contributed by atoms with E-state index in [1.165, 1.54) is 4.90 Å². The van der Waals surface area contributed by atoms with E-state index in [-0.39, 0.29) is 11.9 Å². The van der Waals surface area contributed by atoms with E-state index in [0.29, 0.717) is 12.8 Å². The molecule has 0 aromatic carbocycles. The summed E-state index contributed by atoms with van der Waals surface area (Å²) in [6.07, 6.45) is 1.76. The zero-order chi connectivity index (χ0) is 10.0. The van der Waals surface area contributed by atoms with Crippen LogP contribution >= 0.6 is 0 Å². The Morgan fingerprint density at radius 2 is 2.08 bits per heavy atom. The Morgan fingerprint density at radius 3 is 2.54 bits per heavy atom. The van der Waals surface area contributed by atoms with Gasteiger partial charge in [0.25, 0.3) is 0 Å². The third-order valence-corrected chi connectivity index (χ3v) is 2.54. The van der Waals surface area contributed by atoms with Crippen molar-refractivity contribution in [2.24, 2.45) is 0 Å². The van der Waals surface area contributed by atoms with Crippen LogP contribution < -0.4 is 0 Å². The number of rotatable bonds is 2. The maximum Gasteiger partial charge on any atom is 0.326 e. The van der Waals surface area contributed by atoms with Gasteiger partial charge in [-0.15, -0.1) is 0 Å². The molecule has 1 amide bonds. The highest BCUT2D eigenvalue weighted by Gasteiger charge is 2.37. The number of likely N-dealkylation sites (tertiary alicyclic amines) is 1. The number of carbonyl (C=O) groups excluding carboxylic acids is 1.